The molecule has 0 atom stereocenters. The van der Waals surface area contributed by atoms with Gasteiger partial charge >= 0.3 is 0 Å². The summed E-state index contributed by atoms with van der Waals surface area (Å²) in [4.78, 5) is 4.33. The normalized spacial score (nSPS) is 13.0. The van der Waals surface area contributed by atoms with Gasteiger partial charge in [0.15, 0.2) is 17.5 Å². The number of benzene rings is 2. The highest BCUT2D eigenvalue weighted by Crippen LogP contribution is 2.40. The van der Waals surface area contributed by atoms with E-state index in [1.165, 1.54) is 0 Å². The number of ether oxygens (including phenoxy) is 3. The summed E-state index contributed by atoms with van der Waals surface area (Å²) < 4.78 is 16.7. The third-order valence-electron chi connectivity index (χ3n) is 3.28. The van der Waals surface area contributed by atoms with Gasteiger partial charge in [0.05, 0.1) is 18.1 Å². The van der Waals surface area contributed by atoms with Gasteiger partial charge in [0.1, 0.15) is 5.75 Å². The quantitative estimate of drug-likeness (QED) is 0.632. The fourth-order valence-electron chi connectivity index (χ4n) is 2.15. The van der Waals surface area contributed by atoms with Gasteiger partial charge in [0, 0.05) is 5.69 Å². The minimum Gasteiger partial charge on any atom is -0.497 e. The van der Waals surface area contributed by atoms with Crippen LogP contribution in [0.25, 0.3) is 0 Å². The van der Waals surface area contributed by atoms with Crippen molar-refractivity contribution in [1.29, 1.82) is 0 Å². The van der Waals surface area contributed by atoms with Crippen LogP contribution in [0.1, 0.15) is 5.56 Å². The topological polar surface area (TPSA) is 78.1 Å². The molecule has 2 aromatic carbocycles. The Morgan fingerprint density at radius 3 is 2.83 bits per heavy atom. The molecule has 1 heterocycles. The highest BCUT2D eigenvalue weighted by molar-refractivity contribution is 9.10. The summed E-state index contributed by atoms with van der Waals surface area (Å²) in [5.41, 5.74) is 7.73. The van der Waals surface area contributed by atoms with Crippen LogP contribution in [0.4, 0.5) is 5.69 Å². The number of hydrogen-bond donors (Lipinski definition) is 2. The van der Waals surface area contributed by atoms with Crippen molar-refractivity contribution in [3.8, 4) is 17.2 Å². The summed E-state index contributed by atoms with van der Waals surface area (Å²) in [6.45, 7) is 0.673. The van der Waals surface area contributed by atoms with Gasteiger partial charge in [0.2, 0.25) is 6.79 Å². The number of nitrogens with one attached hydrogen (secondary N) is 1. The Hall–Kier alpha value is -2.41. The molecule has 0 spiro atoms. The molecule has 23 heavy (non-hydrogen) atoms. The number of nitrogens with two attached hydrogens (primary N) is 1. The van der Waals surface area contributed by atoms with Crippen LogP contribution < -0.4 is 25.3 Å². The Morgan fingerprint density at radius 2 is 2.09 bits per heavy atom. The zero-order valence-corrected chi connectivity index (χ0v) is 14.1. The molecule has 1 aliphatic rings. The average molecular weight is 378 g/mol. The van der Waals surface area contributed by atoms with E-state index >= 15 is 0 Å². The minimum atomic E-state index is 0.238. The van der Waals surface area contributed by atoms with Gasteiger partial charge < -0.3 is 25.3 Å². The number of guanidine groups is 1. The molecule has 120 valence electrons. The van der Waals surface area contributed by atoms with Crippen molar-refractivity contribution in [2.45, 2.75) is 6.54 Å². The smallest absolute Gasteiger partial charge is 0.231 e. The molecule has 0 aliphatic carbocycles. The van der Waals surface area contributed by atoms with Crippen molar-refractivity contribution >= 4 is 27.6 Å². The monoisotopic (exact) mass is 377 g/mol. The summed E-state index contributed by atoms with van der Waals surface area (Å²) in [5.74, 6) is 2.56. The molecular weight excluding hydrogens is 362 g/mol. The summed E-state index contributed by atoms with van der Waals surface area (Å²) in [7, 11) is 1.63. The van der Waals surface area contributed by atoms with Crippen molar-refractivity contribution in [2.24, 2.45) is 10.7 Å². The zero-order valence-electron chi connectivity index (χ0n) is 12.5. The lowest BCUT2D eigenvalue weighted by molar-refractivity contribution is 0.173. The fourth-order valence-corrected chi connectivity index (χ4v) is 2.75. The summed E-state index contributed by atoms with van der Waals surface area (Å²) >= 11 is 3.46. The van der Waals surface area contributed by atoms with Crippen LogP contribution in [-0.4, -0.2) is 19.9 Å². The number of nitrogens with zero attached hydrogens (tertiary/aromatic N) is 1. The number of rotatable bonds is 4. The Bertz CT molecular complexity index is 732. The van der Waals surface area contributed by atoms with Crippen molar-refractivity contribution in [1.82, 2.24) is 0 Å². The first kappa shape index (κ1) is 15.5. The van der Waals surface area contributed by atoms with Crippen molar-refractivity contribution < 1.29 is 14.2 Å². The number of aliphatic imine (C=N–C) groups is 1. The molecule has 3 N–H and O–H groups in total. The maximum Gasteiger partial charge on any atom is 0.231 e. The van der Waals surface area contributed by atoms with Crippen LogP contribution in [0.2, 0.25) is 0 Å². The SMILES string of the molecule is COc1ccc(NC(N)=NCc2cc(Br)c3c(c2)OCO3)cc1. The van der Waals surface area contributed by atoms with Gasteiger partial charge in [0.25, 0.3) is 0 Å². The second-order valence-electron chi connectivity index (χ2n) is 4.87. The first-order valence-corrected chi connectivity index (χ1v) is 7.74. The van der Waals surface area contributed by atoms with Gasteiger partial charge in [-0.3, -0.25) is 0 Å². The number of fused-ring (bicyclic) bond motifs is 1. The molecule has 0 unspecified atom stereocenters. The van der Waals surface area contributed by atoms with Crippen LogP contribution in [0.3, 0.4) is 0 Å². The predicted octanol–water partition coefficient (Wildman–Crippen LogP) is 3.11. The van der Waals surface area contributed by atoms with Gasteiger partial charge in [-0.15, -0.1) is 0 Å². The number of anilines is 1. The summed E-state index contributed by atoms with van der Waals surface area (Å²) in [6, 6.07) is 11.3. The summed E-state index contributed by atoms with van der Waals surface area (Å²) in [6.07, 6.45) is 0. The third kappa shape index (κ3) is 3.68. The molecule has 0 fully saturated rings. The standard InChI is InChI=1S/C16H16BrN3O3/c1-21-12-4-2-11(3-5-12)20-16(18)19-8-10-6-13(17)15-14(7-10)22-9-23-15/h2-7H,8-9H2,1H3,(H3,18,19,20). The predicted molar refractivity (Wildman–Crippen MR) is 92.2 cm³/mol. The maximum atomic E-state index is 5.91. The number of hydrogen-bond acceptors (Lipinski definition) is 4. The lowest BCUT2D eigenvalue weighted by Gasteiger charge is -2.07. The first-order valence-electron chi connectivity index (χ1n) is 6.95. The van der Waals surface area contributed by atoms with E-state index in [1.807, 2.05) is 36.4 Å². The second kappa shape index (κ2) is 6.78. The highest BCUT2D eigenvalue weighted by Gasteiger charge is 2.17. The zero-order chi connectivity index (χ0) is 16.2. The van der Waals surface area contributed by atoms with Gasteiger partial charge in [-0.1, -0.05) is 0 Å². The molecule has 0 radical (unpaired) electrons. The Morgan fingerprint density at radius 1 is 1.30 bits per heavy atom. The van der Waals surface area contributed by atoms with Gasteiger partial charge in [-0.2, -0.15) is 0 Å². The van der Waals surface area contributed by atoms with Crippen LogP contribution >= 0.6 is 15.9 Å². The van der Waals surface area contributed by atoms with Crippen LogP contribution in [0, 0.1) is 0 Å². The molecule has 7 heteroatoms. The largest absolute Gasteiger partial charge is 0.497 e. The molecule has 6 nitrogen and oxygen atoms in total. The van der Waals surface area contributed by atoms with Crippen molar-refractivity contribution in [3.63, 3.8) is 0 Å². The van der Waals surface area contributed by atoms with E-state index < -0.39 is 0 Å². The van der Waals surface area contributed by atoms with E-state index in [0.717, 1.165) is 27.2 Å². The van der Waals surface area contributed by atoms with Crippen LogP contribution in [-0.2, 0) is 6.54 Å². The van der Waals surface area contributed by atoms with Crippen LogP contribution in [0.5, 0.6) is 17.2 Å². The molecule has 0 saturated heterocycles. The minimum absolute atomic E-state index is 0.238. The Labute approximate surface area is 142 Å². The molecule has 0 bridgehead atoms. The molecule has 1 aliphatic heterocycles. The van der Waals surface area contributed by atoms with Gasteiger partial charge in [-0.25, -0.2) is 4.99 Å². The van der Waals surface area contributed by atoms with E-state index in [9.17, 15) is 0 Å². The lowest BCUT2D eigenvalue weighted by atomic mass is 10.2. The molecule has 0 aromatic heterocycles. The molecule has 2 aromatic rings. The fraction of sp³-hybridized carbons (Fsp3) is 0.188. The highest BCUT2D eigenvalue weighted by atomic mass is 79.9. The lowest BCUT2D eigenvalue weighted by Crippen LogP contribution is -2.22. The molecule has 0 amide bonds. The van der Waals surface area contributed by atoms with Crippen molar-refractivity contribution in [2.75, 3.05) is 19.2 Å². The Kier molecular flexibility index (Phi) is 4.57. The number of halogens is 1. The molecular formula is C16H16BrN3O3. The van der Waals surface area contributed by atoms with E-state index in [-0.39, 0.29) is 6.79 Å². The molecule has 3 rings (SSSR count). The first-order chi connectivity index (χ1) is 11.2. The van der Waals surface area contributed by atoms with E-state index in [0.29, 0.717) is 18.3 Å². The van der Waals surface area contributed by atoms with E-state index in [2.05, 4.69) is 26.2 Å². The van der Waals surface area contributed by atoms with Crippen molar-refractivity contribution in [3.05, 3.63) is 46.4 Å². The van der Waals surface area contributed by atoms with E-state index in [1.54, 1.807) is 7.11 Å². The van der Waals surface area contributed by atoms with E-state index in [4.69, 9.17) is 19.9 Å². The number of methoxy groups -OCH3 is 1. The third-order valence-corrected chi connectivity index (χ3v) is 3.87. The second-order valence-corrected chi connectivity index (χ2v) is 5.72. The summed E-state index contributed by atoms with van der Waals surface area (Å²) in [5, 5.41) is 3.03. The van der Waals surface area contributed by atoms with Gasteiger partial charge in [-0.05, 0) is 57.9 Å². The Balaban J connectivity index is 1.66. The van der Waals surface area contributed by atoms with Crippen LogP contribution in [0.15, 0.2) is 45.9 Å². The average Bonchev–Trinajstić information content (AvgIpc) is 3.03. The maximum absolute atomic E-state index is 5.91. The molecule has 0 saturated carbocycles.